The van der Waals surface area contributed by atoms with E-state index in [2.05, 4.69) is 15.5 Å². The van der Waals surface area contributed by atoms with Gasteiger partial charge in [0.05, 0.1) is 0 Å². The van der Waals surface area contributed by atoms with E-state index in [0.717, 1.165) is 45.2 Å². The van der Waals surface area contributed by atoms with Gasteiger partial charge in [0, 0.05) is 73.2 Å². The Kier molecular flexibility index (Phi) is 13.8. The summed E-state index contributed by atoms with van der Waals surface area (Å²) in [7, 11) is 2.37. The largest absolute Gasteiger partial charge is 0.500 e. The minimum Gasteiger partial charge on any atom is -0.377 e. The molecule has 0 aromatic rings. The monoisotopic (exact) mass is 367 g/mol. The highest BCUT2D eigenvalue weighted by Gasteiger charge is 2.36. The van der Waals surface area contributed by atoms with Gasteiger partial charge in [0.1, 0.15) is 0 Å². The number of thiocarbonyl (C=S) groups is 1. The molecule has 6 N–H and O–H groups in total. The molecule has 0 rings (SSSR count). The fourth-order valence-electron chi connectivity index (χ4n) is 2.15. The van der Waals surface area contributed by atoms with Crippen molar-refractivity contribution in [1.82, 2.24) is 15.5 Å². The maximum absolute atomic E-state index is 5.57. The second kappa shape index (κ2) is 14.0. The van der Waals surface area contributed by atoms with Gasteiger partial charge < -0.3 is 35.4 Å². The third-order valence-corrected chi connectivity index (χ3v) is 6.60. The van der Waals surface area contributed by atoms with Crippen LogP contribution in [0.15, 0.2) is 0 Å². The lowest BCUT2D eigenvalue weighted by molar-refractivity contribution is 0.123. The van der Waals surface area contributed by atoms with Crippen LogP contribution in [0.4, 0.5) is 0 Å². The lowest BCUT2D eigenvalue weighted by Gasteiger charge is -2.24. The third-order valence-electron chi connectivity index (χ3n) is 3.48. The van der Waals surface area contributed by atoms with E-state index in [1.165, 1.54) is 0 Å². The van der Waals surface area contributed by atoms with E-state index in [9.17, 15) is 0 Å². The Labute approximate surface area is 146 Å². The Balaban J connectivity index is 3.82. The first-order valence-corrected chi connectivity index (χ1v) is 10.2. The average Bonchev–Trinajstić information content (AvgIpc) is 2.56. The highest BCUT2D eigenvalue weighted by atomic mass is 32.1. The number of hydrogen-bond donors (Lipinski definition) is 4. The number of hydrogen-bond acceptors (Lipinski definition) is 7. The van der Waals surface area contributed by atoms with Crippen LogP contribution in [-0.4, -0.2) is 86.0 Å². The molecule has 0 atom stereocenters. The Morgan fingerprint density at radius 2 is 1.48 bits per heavy atom. The van der Waals surface area contributed by atoms with Gasteiger partial charge in [0.15, 0.2) is 5.11 Å². The first-order chi connectivity index (χ1) is 11.1. The predicted molar refractivity (Wildman–Crippen MR) is 99.4 cm³/mol. The summed E-state index contributed by atoms with van der Waals surface area (Å²) in [5.41, 5.74) is 11.1. The van der Waals surface area contributed by atoms with Gasteiger partial charge in [-0.1, -0.05) is 0 Å². The fraction of sp³-hybridized carbons (Fsp3) is 0.923. The highest BCUT2D eigenvalue weighted by Crippen LogP contribution is 2.14. The molecule has 8 nitrogen and oxygen atoms in total. The van der Waals surface area contributed by atoms with Crippen LogP contribution < -0.4 is 22.1 Å². The zero-order valence-corrected chi connectivity index (χ0v) is 16.4. The molecule has 138 valence electrons. The fourth-order valence-corrected chi connectivity index (χ4v) is 4.08. The van der Waals surface area contributed by atoms with Gasteiger partial charge >= 0.3 is 8.80 Å². The summed E-state index contributed by atoms with van der Waals surface area (Å²) in [6, 6.07) is 0.743. The molecule has 0 heterocycles. The van der Waals surface area contributed by atoms with Gasteiger partial charge in [-0.15, -0.1) is 0 Å². The molecule has 0 bridgehead atoms. The average molecular weight is 368 g/mol. The molecule has 0 saturated heterocycles. The number of nitrogens with one attached hydrogen (secondary N) is 2. The summed E-state index contributed by atoms with van der Waals surface area (Å²) in [6.07, 6.45) is 0.857. The zero-order chi connectivity index (χ0) is 17.6. The molecule has 0 fully saturated rings. The minimum absolute atomic E-state index is 0.632. The van der Waals surface area contributed by atoms with Crippen LogP contribution in [0.3, 0.4) is 0 Å². The van der Waals surface area contributed by atoms with Crippen LogP contribution in [0, 0.1) is 0 Å². The van der Waals surface area contributed by atoms with Crippen molar-refractivity contribution in [1.29, 1.82) is 0 Å². The van der Waals surface area contributed by atoms with Crippen molar-refractivity contribution in [3.63, 3.8) is 0 Å². The van der Waals surface area contributed by atoms with Crippen LogP contribution in [0.2, 0.25) is 6.04 Å². The SMILES string of the molecule is CO[Si](CCCNC(=S)NCCN(CCN)CCN)(OC)OC. The Morgan fingerprint density at radius 3 is 1.96 bits per heavy atom. The number of nitrogens with two attached hydrogens (primary N) is 2. The van der Waals surface area contributed by atoms with Crippen LogP contribution in [0.1, 0.15) is 6.42 Å². The molecule has 0 aliphatic rings. The molecule has 23 heavy (non-hydrogen) atoms. The molecule has 0 saturated carbocycles. The van der Waals surface area contributed by atoms with Crippen molar-refractivity contribution in [2.75, 3.05) is 67.1 Å². The molecule has 0 amide bonds. The maximum atomic E-state index is 5.57. The highest BCUT2D eigenvalue weighted by molar-refractivity contribution is 7.80. The van der Waals surface area contributed by atoms with Crippen LogP contribution >= 0.6 is 12.2 Å². The normalized spacial score (nSPS) is 11.7. The lowest BCUT2D eigenvalue weighted by atomic mass is 10.4. The van der Waals surface area contributed by atoms with E-state index in [4.69, 9.17) is 37.0 Å². The van der Waals surface area contributed by atoms with E-state index in [1.54, 1.807) is 21.3 Å². The number of rotatable bonds is 14. The van der Waals surface area contributed by atoms with E-state index in [-0.39, 0.29) is 0 Å². The summed E-state index contributed by atoms with van der Waals surface area (Å²) in [6.45, 7) is 5.32. The first kappa shape index (κ1) is 22.7. The molecule has 0 aliphatic carbocycles. The van der Waals surface area contributed by atoms with Gasteiger partial charge in [0.2, 0.25) is 0 Å². The van der Waals surface area contributed by atoms with Crippen molar-refractivity contribution in [3.05, 3.63) is 0 Å². The lowest BCUT2D eigenvalue weighted by Crippen LogP contribution is -2.44. The molecule has 0 aromatic carbocycles. The summed E-state index contributed by atoms with van der Waals surface area (Å²) < 4.78 is 16.1. The van der Waals surface area contributed by atoms with Crippen molar-refractivity contribution >= 4 is 26.1 Å². The van der Waals surface area contributed by atoms with Crippen molar-refractivity contribution in [3.8, 4) is 0 Å². The Morgan fingerprint density at radius 1 is 0.957 bits per heavy atom. The second-order valence-corrected chi connectivity index (χ2v) is 8.50. The van der Waals surface area contributed by atoms with Gasteiger partial charge in [-0.3, -0.25) is 4.90 Å². The molecule has 0 unspecified atom stereocenters. The van der Waals surface area contributed by atoms with Gasteiger partial charge in [-0.2, -0.15) is 0 Å². The second-order valence-electron chi connectivity index (χ2n) is 5.00. The van der Waals surface area contributed by atoms with E-state index in [0.29, 0.717) is 18.2 Å². The maximum Gasteiger partial charge on any atom is 0.500 e. The molecule has 0 aromatic heterocycles. The molecular formula is C13H33N5O3SSi. The first-order valence-electron chi connectivity index (χ1n) is 7.87. The van der Waals surface area contributed by atoms with Crippen LogP contribution in [0.25, 0.3) is 0 Å². The summed E-state index contributed by atoms with van der Waals surface area (Å²) in [5.74, 6) is 0. The van der Waals surface area contributed by atoms with Crippen LogP contribution in [0.5, 0.6) is 0 Å². The summed E-state index contributed by atoms with van der Waals surface area (Å²) in [4.78, 5) is 2.21. The van der Waals surface area contributed by atoms with Gasteiger partial charge in [-0.25, -0.2) is 0 Å². The molecule has 0 radical (unpaired) electrons. The summed E-state index contributed by atoms with van der Waals surface area (Å²) >= 11 is 5.25. The van der Waals surface area contributed by atoms with Crippen molar-refractivity contribution < 1.29 is 13.3 Å². The molecule has 0 spiro atoms. The summed E-state index contributed by atoms with van der Waals surface area (Å²) in [5, 5.41) is 7.00. The standard InChI is InChI=1S/C13H33N5O3SSi/c1-19-23(20-2,21-3)12-4-7-16-13(22)17-8-11-18(9-5-14)10-6-15/h4-12,14-15H2,1-3H3,(H2,16,17,22). The van der Waals surface area contributed by atoms with E-state index < -0.39 is 8.80 Å². The van der Waals surface area contributed by atoms with Gasteiger partial charge in [0.25, 0.3) is 0 Å². The molecule has 10 heteroatoms. The van der Waals surface area contributed by atoms with Crippen molar-refractivity contribution in [2.45, 2.75) is 12.5 Å². The smallest absolute Gasteiger partial charge is 0.377 e. The number of nitrogens with zero attached hydrogens (tertiary/aromatic N) is 1. The van der Waals surface area contributed by atoms with Crippen molar-refractivity contribution in [2.24, 2.45) is 11.5 Å². The van der Waals surface area contributed by atoms with E-state index in [1.807, 2.05) is 0 Å². The van der Waals surface area contributed by atoms with Gasteiger partial charge in [-0.05, 0) is 18.6 Å². The molecular weight excluding hydrogens is 334 g/mol. The Bertz CT molecular complexity index is 297. The Hall–Kier alpha value is -0.333. The predicted octanol–water partition coefficient (Wildman–Crippen LogP) is -1.06. The zero-order valence-electron chi connectivity index (χ0n) is 14.6. The topological polar surface area (TPSA) is 107 Å². The molecule has 0 aliphatic heterocycles. The van der Waals surface area contributed by atoms with Crippen LogP contribution in [-0.2, 0) is 13.3 Å². The van der Waals surface area contributed by atoms with E-state index >= 15 is 0 Å². The minimum atomic E-state index is -2.48. The third kappa shape index (κ3) is 10.2. The quantitative estimate of drug-likeness (QED) is 0.174.